The summed E-state index contributed by atoms with van der Waals surface area (Å²) in [5.41, 5.74) is 0.792. The maximum Gasteiger partial charge on any atom is 0.305 e. The molecule has 0 aromatic rings. The molecule has 6 heteroatoms. The van der Waals surface area contributed by atoms with Crippen LogP contribution in [-0.2, 0) is 14.3 Å². The second-order valence-electron chi connectivity index (χ2n) is 7.67. The van der Waals surface area contributed by atoms with Crippen molar-refractivity contribution in [3.63, 3.8) is 0 Å². The summed E-state index contributed by atoms with van der Waals surface area (Å²) in [7, 11) is 1.40. The Balaban J connectivity index is 2.59. The lowest BCUT2D eigenvalue weighted by atomic mass is 9.90. The van der Waals surface area contributed by atoms with Gasteiger partial charge in [0.15, 0.2) is 11.6 Å². The summed E-state index contributed by atoms with van der Waals surface area (Å²) >= 11 is 0. The average Bonchev–Trinajstić information content (AvgIpc) is 3.18. The van der Waals surface area contributed by atoms with E-state index in [1.54, 1.807) is 6.92 Å². The van der Waals surface area contributed by atoms with E-state index in [-0.39, 0.29) is 23.6 Å². The first-order valence-electron chi connectivity index (χ1n) is 10.8. The van der Waals surface area contributed by atoms with Crippen LogP contribution < -0.4 is 0 Å². The molecule has 1 rings (SSSR count). The standard InChI is InChI=1S/C25H36FNO4/c1-5-11-24(22(26)6-2)31-18-19(3)14-16-21-20(15-17-23(21)27-29)12-9-7-8-10-13-25(28)30-4/h5-7,9,11,14,16,19-21,29H,1,8,10,12-13,15,17-18H2,2-4H3/b9-7-,16-14+,22-6+,24-11+,27-23-/t19?,20-,21+/m0/s1. The van der Waals surface area contributed by atoms with E-state index in [9.17, 15) is 14.4 Å². The van der Waals surface area contributed by atoms with Crippen molar-refractivity contribution in [1.82, 2.24) is 0 Å². The summed E-state index contributed by atoms with van der Waals surface area (Å²) in [5, 5.41) is 12.9. The summed E-state index contributed by atoms with van der Waals surface area (Å²) in [5.74, 6) is 0.0719. The van der Waals surface area contributed by atoms with Crippen LogP contribution in [-0.4, -0.2) is 30.6 Å². The van der Waals surface area contributed by atoms with E-state index in [1.165, 1.54) is 25.3 Å². The normalized spacial score (nSPS) is 22.4. The van der Waals surface area contributed by atoms with Gasteiger partial charge in [-0.05, 0) is 57.1 Å². The lowest BCUT2D eigenvalue weighted by Gasteiger charge is -2.16. The molecule has 1 aliphatic carbocycles. The lowest BCUT2D eigenvalue weighted by molar-refractivity contribution is -0.140. The average molecular weight is 434 g/mol. The zero-order chi connectivity index (χ0) is 23.1. The topological polar surface area (TPSA) is 68.1 Å². The third-order valence-electron chi connectivity index (χ3n) is 5.28. The molecular formula is C25H36FNO4. The van der Waals surface area contributed by atoms with Gasteiger partial charge < -0.3 is 14.7 Å². The zero-order valence-corrected chi connectivity index (χ0v) is 18.9. The second kappa shape index (κ2) is 15.2. The minimum absolute atomic E-state index is 0.0629. The molecule has 172 valence electrons. The van der Waals surface area contributed by atoms with Crippen LogP contribution in [0.3, 0.4) is 0 Å². The van der Waals surface area contributed by atoms with Crippen molar-refractivity contribution in [1.29, 1.82) is 0 Å². The van der Waals surface area contributed by atoms with Crippen LogP contribution in [0.4, 0.5) is 4.39 Å². The number of carbonyl (C=O) groups excluding carboxylic acids is 1. The first-order chi connectivity index (χ1) is 15.0. The predicted octanol–water partition coefficient (Wildman–Crippen LogP) is 6.28. The zero-order valence-electron chi connectivity index (χ0n) is 18.9. The molecule has 0 aliphatic heterocycles. The van der Waals surface area contributed by atoms with Crippen molar-refractivity contribution >= 4 is 11.7 Å². The minimum atomic E-state index is -0.417. The SMILES string of the molecule is C=C/C=C(OCC(C)/C=C/[C@H]1/C(=N\O)CC[C@@H]1C/C=C\CCCC(=O)OC)\C(F)=C/C. The Kier molecular flexibility index (Phi) is 13.0. The number of allylic oxidation sites excluding steroid dienone is 7. The Hall–Kier alpha value is -2.63. The van der Waals surface area contributed by atoms with Crippen LogP contribution in [0.25, 0.3) is 0 Å². The first-order valence-corrected chi connectivity index (χ1v) is 10.8. The molecule has 31 heavy (non-hydrogen) atoms. The molecule has 1 saturated carbocycles. The quantitative estimate of drug-likeness (QED) is 0.0705. The van der Waals surface area contributed by atoms with Gasteiger partial charge in [-0.1, -0.05) is 49.0 Å². The highest BCUT2D eigenvalue weighted by Gasteiger charge is 2.30. The highest BCUT2D eigenvalue weighted by molar-refractivity contribution is 5.90. The molecule has 0 spiro atoms. The number of esters is 1. The Morgan fingerprint density at radius 3 is 2.84 bits per heavy atom. The van der Waals surface area contributed by atoms with Crippen molar-refractivity contribution in [2.45, 2.75) is 52.4 Å². The van der Waals surface area contributed by atoms with E-state index in [1.807, 2.05) is 13.0 Å². The molecule has 0 bridgehead atoms. The molecule has 0 aromatic heterocycles. The van der Waals surface area contributed by atoms with Crippen LogP contribution in [0.15, 0.2) is 65.9 Å². The van der Waals surface area contributed by atoms with E-state index in [4.69, 9.17) is 4.74 Å². The number of methoxy groups -OCH3 is 1. The highest BCUT2D eigenvalue weighted by Crippen LogP contribution is 2.34. The number of rotatable bonds is 13. The summed E-state index contributed by atoms with van der Waals surface area (Å²) < 4.78 is 24.0. The van der Waals surface area contributed by atoms with Gasteiger partial charge in [0.25, 0.3) is 0 Å². The van der Waals surface area contributed by atoms with Gasteiger partial charge in [-0.2, -0.15) is 0 Å². The van der Waals surface area contributed by atoms with E-state index < -0.39 is 5.83 Å². The van der Waals surface area contributed by atoms with E-state index in [0.29, 0.717) is 18.9 Å². The Labute approximate surface area is 185 Å². The number of carbonyl (C=O) groups is 1. The first kappa shape index (κ1) is 26.4. The third-order valence-corrected chi connectivity index (χ3v) is 5.28. The van der Waals surface area contributed by atoms with Crippen molar-refractivity contribution in [2.24, 2.45) is 22.9 Å². The fourth-order valence-electron chi connectivity index (χ4n) is 3.49. The molecule has 1 N–H and O–H groups in total. The number of hydrogen-bond donors (Lipinski definition) is 1. The van der Waals surface area contributed by atoms with Crippen molar-refractivity contribution in [3.05, 3.63) is 60.7 Å². The van der Waals surface area contributed by atoms with Gasteiger partial charge in [-0.15, -0.1) is 0 Å². The molecule has 0 aromatic carbocycles. The number of nitrogens with zero attached hydrogens (tertiary/aromatic N) is 1. The molecule has 0 amide bonds. The summed E-state index contributed by atoms with van der Waals surface area (Å²) in [6, 6.07) is 0. The number of oxime groups is 1. The predicted molar refractivity (Wildman–Crippen MR) is 122 cm³/mol. The van der Waals surface area contributed by atoms with Crippen molar-refractivity contribution in [2.75, 3.05) is 13.7 Å². The minimum Gasteiger partial charge on any atom is -0.490 e. The number of unbranched alkanes of at least 4 members (excludes halogenated alkanes) is 1. The Morgan fingerprint density at radius 2 is 2.19 bits per heavy atom. The monoisotopic (exact) mass is 433 g/mol. The number of hydrogen-bond acceptors (Lipinski definition) is 5. The molecule has 1 fully saturated rings. The van der Waals surface area contributed by atoms with Crippen LogP contribution in [0, 0.1) is 17.8 Å². The summed E-state index contributed by atoms with van der Waals surface area (Å²) in [6.07, 6.45) is 17.4. The van der Waals surface area contributed by atoms with Crippen LogP contribution in [0.1, 0.15) is 52.4 Å². The summed E-state index contributed by atoms with van der Waals surface area (Å²) in [6.45, 7) is 7.53. The number of ether oxygens (including phenoxy) is 2. The van der Waals surface area contributed by atoms with Crippen LogP contribution in [0.2, 0.25) is 0 Å². The van der Waals surface area contributed by atoms with Crippen molar-refractivity contribution < 1.29 is 23.9 Å². The largest absolute Gasteiger partial charge is 0.490 e. The molecule has 3 atom stereocenters. The van der Waals surface area contributed by atoms with Gasteiger partial charge in [-0.3, -0.25) is 4.79 Å². The summed E-state index contributed by atoms with van der Waals surface area (Å²) in [4.78, 5) is 11.1. The fraction of sp³-hybridized carbons (Fsp3) is 0.520. The van der Waals surface area contributed by atoms with Gasteiger partial charge in [-0.25, -0.2) is 4.39 Å². The van der Waals surface area contributed by atoms with Gasteiger partial charge >= 0.3 is 5.97 Å². The molecule has 0 radical (unpaired) electrons. The Morgan fingerprint density at radius 1 is 1.42 bits per heavy atom. The molecular weight excluding hydrogens is 397 g/mol. The third kappa shape index (κ3) is 9.81. The molecule has 5 nitrogen and oxygen atoms in total. The maximum absolute atomic E-state index is 13.8. The molecule has 0 heterocycles. The van der Waals surface area contributed by atoms with Gasteiger partial charge in [0.05, 0.1) is 19.4 Å². The van der Waals surface area contributed by atoms with E-state index >= 15 is 0 Å². The molecule has 1 aliphatic rings. The van der Waals surface area contributed by atoms with Crippen molar-refractivity contribution in [3.8, 4) is 0 Å². The maximum atomic E-state index is 13.8. The lowest BCUT2D eigenvalue weighted by Crippen LogP contribution is -2.13. The van der Waals surface area contributed by atoms with E-state index in [0.717, 1.165) is 37.8 Å². The number of halogens is 1. The van der Waals surface area contributed by atoms with Crippen LogP contribution in [0.5, 0.6) is 0 Å². The highest BCUT2D eigenvalue weighted by atomic mass is 19.1. The van der Waals surface area contributed by atoms with Gasteiger partial charge in [0, 0.05) is 18.3 Å². The smallest absolute Gasteiger partial charge is 0.305 e. The second-order valence-corrected chi connectivity index (χ2v) is 7.67. The molecule has 0 saturated heterocycles. The van der Waals surface area contributed by atoms with Gasteiger partial charge in [0.2, 0.25) is 0 Å². The molecule has 1 unspecified atom stereocenters. The van der Waals surface area contributed by atoms with Gasteiger partial charge in [0.1, 0.15) is 0 Å². The van der Waals surface area contributed by atoms with E-state index in [2.05, 4.69) is 34.7 Å². The van der Waals surface area contributed by atoms with Crippen LogP contribution >= 0.6 is 0 Å². The fourth-order valence-corrected chi connectivity index (χ4v) is 3.49. The Bertz CT molecular complexity index is 721.